The van der Waals surface area contributed by atoms with E-state index >= 15 is 0 Å². The molecule has 142 valence electrons. The second kappa shape index (κ2) is 8.05. The Bertz CT molecular complexity index is 769. The summed E-state index contributed by atoms with van der Waals surface area (Å²) < 4.78 is 18.7. The van der Waals surface area contributed by atoms with E-state index in [9.17, 15) is 9.18 Å². The minimum Gasteiger partial charge on any atom is -0.492 e. The summed E-state index contributed by atoms with van der Waals surface area (Å²) in [5, 5.41) is 0. The molecule has 0 spiro atoms. The molecular weight excluding hydrogens is 345 g/mol. The lowest BCUT2D eigenvalue weighted by atomic mass is 9.95. The smallest absolute Gasteiger partial charge is 0.255 e. The Labute approximate surface area is 158 Å². The van der Waals surface area contributed by atoms with Gasteiger partial charge < -0.3 is 9.64 Å². The summed E-state index contributed by atoms with van der Waals surface area (Å²) in [5.41, 5.74) is 0.657. The number of rotatable bonds is 5. The lowest BCUT2D eigenvalue weighted by Gasteiger charge is -2.35. The zero-order valence-electron chi connectivity index (χ0n) is 15.3. The summed E-state index contributed by atoms with van der Waals surface area (Å²) in [5.74, 6) is 0.995. The third kappa shape index (κ3) is 4.27. The van der Waals surface area contributed by atoms with Crippen LogP contribution in [0.4, 0.5) is 4.39 Å². The molecule has 3 saturated heterocycles. The van der Waals surface area contributed by atoms with Gasteiger partial charge in [-0.3, -0.25) is 14.7 Å². The molecule has 5 nitrogen and oxygen atoms in total. The largest absolute Gasteiger partial charge is 0.492 e. The van der Waals surface area contributed by atoms with Gasteiger partial charge in [0.1, 0.15) is 18.2 Å². The molecule has 6 heteroatoms. The lowest BCUT2D eigenvalue weighted by molar-refractivity contribution is 0.0733. The van der Waals surface area contributed by atoms with Gasteiger partial charge in [-0.2, -0.15) is 0 Å². The van der Waals surface area contributed by atoms with E-state index in [0.717, 1.165) is 39.0 Å². The summed E-state index contributed by atoms with van der Waals surface area (Å²) in [7, 11) is 0. The maximum Gasteiger partial charge on any atom is 0.255 e. The molecule has 1 aromatic carbocycles. The van der Waals surface area contributed by atoms with Crippen LogP contribution in [0.2, 0.25) is 0 Å². The molecule has 0 saturated carbocycles. The first-order chi connectivity index (χ1) is 13.2. The molecular formula is C21H24FN3O2. The van der Waals surface area contributed by atoms with Crippen molar-refractivity contribution in [3.8, 4) is 5.75 Å². The number of carbonyl (C=O) groups excluding carboxylic acids is 1. The average molecular weight is 369 g/mol. The molecule has 0 aliphatic carbocycles. The van der Waals surface area contributed by atoms with E-state index in [-0.39, 0.29) is 11.7 Å². The summed E-state index contributed by atoms with van der Waals surface area (Å²) >= 11 is 0. The first-order valence-corrected chi connectivity index (χ1v) is 9.51. The van der Waals surface area contributed by atoms with Crippen LogP contribution in [0.25, 0.3) is 0 Å². The van der Waals surface area contributed by atoms with Gasteiger partial charge in [-0.05, 0) is 55.2 Å². The van der Waals surface area contributed by atoms with Crippen LogP contribution in [0.5, 0.6) is 5.75 Å². The third-order valence-corrected chi connectivity index (χ3v) is 5.48. The predicted molar refractivity (Wildman–Crippen MR) is 100 cm³/mol. The fourth-order valence-electron chi connectivity index (χ4n) is 4.10. The van der Waals surface area contributed by atoms with Crippen LogP contribution in [0.1, 0.15) is 23.2 Å². The number of fused-ring (bicyclic) bond motifs is 4. The second-order valence-corrected chi connectivity index (χ2v) is 7.35. The number of hydrogen-bond donors (Lipinski definition) is 0. The number of ether oxygens (including phenoxy) is 1. The molecule has 3 aliphatic rings. The Kier molecular flexibility index (Phi) is 5.34. The van der Waals surface area contributed by atoms with Crippen LogP contribution in [0.15, 0.2) is 48.8 Å². The Morgan fingerprint density at radius 2 is 2.00 bits per heavy atom. The van der Waals surface area contributed by atoms with Crippen molar-refractivity contribution < 1.29 is 13.9 Å². The number of piperidine rings is 1. The van der Waals surface area contributed by atoms with E-state index in [4.69, 9.17) is 4.74 Å². The average Bonchev–Trinajstić information content (AvgIpc) is 3.01. The van der Waals surface area contributed by atoms with Crippen molar-refractivity contribution in [3.63, 3.8) is 0 Å². The summed E-state index contributed by atoms with van der Waals surface area (Å²) in [4.78, 5) is 21.3. The molecule has 1 aromatic heterocycles. The summed E-state index contributed by atoms with van der Waals surface area (Å²) in [6, 6.07) is 10.1. The van der Waals surface area contributed by atoms with Gasteiger partial charge in [0.05, 0.1) is 5.56 Å². The number of aromatic nitrogens is 1. The first kappa shape index (κ1) is 17.9. The highest BCUT2D eigenvalue weighted by Crippen LogP contribution is 2.28. The standard InChI is InChI=1S/C21H24FN3O2/c22-18-4-7-20(8-5-18)27-11-10-24-13-16-3-6-19(24)15-25(14-16)21(26)17-2-1-9-23-12-17/h1-2,4-5,7-9,12,16,19H,3,6,10-11,13-15H2/t16-,19-/m1/s1. The molecule has 0 unspecified atom stereocenters. The maximum absolute atomic E-state index is 13.0. The number of nitrogens with zero attached hydrogens (tertiary/aromatic N) is 3. The van der Waals surface area contributed by atoms with Crippen LogP contribution in [0, 0.1) is 11.7 Å². The van der Waals surface area contributed by atoms with E-state index < -0.39 is 0 Å². The van der Waals surface area contributed by atoms with Gasteiger partial charge in [0.25, 0.3) is 5.91 Å². The molecule has 5 rings (SSSR count). The predicted octanol–water partition coefficient (Wildman–Crippen LogP) is 2.84. The first-order valence-electron chi connectivity index (χ1n) is 9.51. The zero-order chi connectivity index (χ0) is 18.6. The van der Waals surface area contributed by atoms with Crippen molar-refractivity contribution in [1.29, 1.82) is 0 Å². The second-order valence-electron chi connectivity index (χ2n) is 7.35. The number of amides is 1. The SMILES string of the molecule is O=C(c1cccnc1)N1C[C@@H]2CC[C@H](C1)N(CCOc1ccc(F)cc1)C2. The molecule has 2 atom stereocenters. The fraction of sp³-hybridized carbons (Fsp3) is 0.429. The van der Waals surface area contributed by atoms with Gasteiger partial charge in [-0.25, -0.2) is 4.39 Å². The van der Waals surface area contributed by atoms with Crippen molar-refractivity contribution in [2.24, 2.45) is 5.92 Å². The van der Waals surface area contributed by atoms with Crippen LogP contribution in [-0.4, -0.2) is 59.5 Å². The normalized spacial score (nSPS) is 22.5. The van der Waals surface area contributed by atoms with Crippen LogP contribution in [0.3, 0.4) is 0 Å². The highest BCUT2D eigenvalue weighted by atomic mass is 19.1. The molecule has 0 radical (unpaired) electrons. The van der Waals surface area contributed by atoms with E-state index in [1.165, 1.54) is 12.1 Å². The van der Waals surface area contributed by atoms with Gasteiger partial charge in [0.2, 0.25) is 0 Å². The fourth-order valence-corrected chi connectivity index (χ4v) is 4.10. The zero-order valence-corrected chi connectivity index (χ0v) is 15.3. The Hall–Kier alpha value is -2.47. The molecule has 2 aromatic rings. The molecule has 4 heterocycles. The Morgan fingerprint density at radius 1 is 1.15 bits per heavy atom. The number of pyridine rings is 1. The minimum absolute atomic E-state index is 0.0735. The molecule has 1 amide bonds. The Balaban J connectivity index is 1.35. The Morgan fingerprint density at radius 3 is 2.78 bits per heavy atom. The van der Waals surface area contributed by atoms with Crippen LogP contribution < -0.4 is 4.74 Å². The number of halogens is 1. The number of benzene rings is 1. The van der Waals surface area contributed by atoms with Crippen molar-refractivity contribution in [1.82, 2.24) is 14.8 Å². The molecule has 2 bridgehead atoms. The lowest BCUT2D eigenvalue weighted by Crippen LogP contribution is -2.46. The highest BCUT2D eigenvalue weighted by Gasteiger charge is 2.36. The highest BCUT2D eigenvalue weighted by molar-refractivity contribution is 5.93. The summed E-state index contributed by atoms with van der Waals surface area (Å²) in [6.45, 7) is 3.92. The van der Waals surface area contributed by atoms with E-state index in [2.05, 4.69) is 9.88 Å². The van der Waals surface area contributed by atoms with Crippen molar-refractivity contribution in [3.05, 3.63) is 60.2 Å². The maximum atomic E-state index is 13.0. The topological polar surface area (TPSA) is 45.7 Å². The molecule has 3 fully saturated rings. The summed E-state index contributed by atoms with van der Waals surface area (Å²) in [6.07, 6.45) is 5.60. The van der Waals surface area contributed by atoms with Gasteiger partial charge in [-0.15, -0.1) is 0 Å². The van der Waals surface area contributed by atoms with Gasteiger partial charge >= 0.3 is 0 Å². The van der Waals surface area contributed by atoms with E-state index in [1.807, 2.05) is 11.0 Å². The van der Waals surface area contributed by atoms with Gasteiger partial charge in [0, 0.05) is 44.6 Å². The minimum atomic E-state index is -0.259. The van der Waals surface area contributed by atoms with E-state index in [1.54, 1.807) is 30.6 Å². The van der Waals surface area contributed by atoms with Gasteiger partial charge in [0.15, 0.2) is 0 Å². The molecule has 3 aliphatic heterocycles. The molecule has 0 N–H and O–H groups in total. The van der Waals surface area contributed by atoms with Gasteiger partial charge in [-0.1, -0.05) is 0 Å². The monoisotopic (exact) mass is 369 g/mol. The number of carbonyl (C=O) groups is 1. The van der Waals surface area contributed by atoms with Crippen LogP contribution >= 0.6 is 0 Å². The van der Waals surface area contributed by atoms with E-state index in [0.29, 0.717) is 29.9 Å². The van der Waals surface area contributed by atoms with Crippen molar-refractivity contribution in [2.45, 2.75) is 18.9 Å². The van der Waals surface area contributed by atoms with Crippen LogP contribution in [-0.2, 0) is 0 Å². The third-order valence-electron chi connectivity index (χ3n) is 5.48. The molecule has 27 heavy (non-hydrogen) atoms. The number of hydrogen-bond acceptors (Lipinski definition) is 4. The van der Waals surface area contributed by atoms with Crippen molar-refractivity contribution >= 4 is 5.91 Å². The van der Waals surface area contributed by atoms with Crippen molar-refractivity contribution in [2.75, 3.05) is 32.8 Å². The quantitative estimate of drug-likeness (QED) is 0.813.